The number of benzene rings is 11. The molecule has 3 nitrogen and oxygen atoms in total. The first-order chi connectivity index (χ1) is 34.7. The van der Waals surface area contributed by atoms with Crippen molar-refractivity contribution in [1.29, 1.82) is 0 Å². The number of nitrogens with zero attached hydrogens (tertiary/aromatic N) is 1. The van der Waals surface area contributed by atoms with Crippen molar-refractivity contribution in [3.05, 3.63) is 294 Å². The Balaban J connectivity index is 0.898. The molecule has 0 fully saturated rings. The lowest BCUT2D eigenvalue weighted by Crippen LogP contribution is -2.82. The van der Waals surface area contributed by atoms with Crippen LogP contribution >= 0.6 is 0 Å². The van der Waals surface area contributed by atoms with Crippen LogP contribution in [0.5, 0.6) is 11.5 Å². The van der Waals surface area contributed by atoms with Crippen molar-refractivity contribution in [3.8, 4) is 56.0 Å². The van der Waals surface area contributed by atoms with Crippen molar-refractivity contribution >= 4 is 33.0 Å². The molecule has 14 rings (SSSR count). The van der Waals surface area contributed by atoms with Crippen LogP contribution in [0.2, 0.25) is 0 Å². The van der Waals surface area contributed by atoms with Gasteiger partial charge in [0, 0.05) is 33.9 Å². The number of quaternary nitrogens is 1. The highest BCUT2D eigenvalue weighted by Gasteiger charge is 2.52. The van der Waals surface area contributed by atoms with Crippen LogP contribution < -0.4 is 10.1 Å². The van der Waals surface area contributed by atoms with Gasteiger partial charge in [0.15, 0.2) is 0 Å². The zero-order chi connectivity index (χ0) is 46.2. The first-order valence-electron chi connectivity index (χ1n) is 24.2. The van der Waals surface area contributed by atoms with Gasteiger partial charge in [-0.2, -0.15) is 0 Å². The Labute approximate surface area is 407 Å². The monoisotopic (exact) mass is 893 g/mol. The standard InChI is InChI=1S/C67H44N2O/c1-3-17-43(18-4-1)44-33-35-45(36-34-44)60-42-61(69-66(68-60)46-19-5-2-6-20-46)51-24-16-23-49(40-51)47-21-15-22-48(39-47)50-37-38-56-59(41-50)67(57-29-11-13-31-62(57)70-63-32-14-12-30-58(63)67)65-55-28-10-8-26-53(55)52-25-7-9-27-54(52)64(56)65/h1-42,66,68H/p+1. The fourth-order valence-electron chi connectivity index (χ4n) is 11.7. The van der Waals surface area contributed by atoms with Crippen molar-refractivity contribution in [1.82, 2.24) is 0 Å². The topological polar surface area (TPSA) is 38.2 Å². The minimum atomic E-state index is -0.631. The van der Waals surface area contributed by atoms with E-state index < -0.39 is 5.41 Å². The number of aliphatic imine (C=N–C) groups is 1. The minimum absolute atomic E-state index is 0.114. The number of hydrogen-bond donors (Lipinski definition) is 1. The maximum absolute atomic E-state index is 6.79. The summed E-state index contributed by atoms with van der Waals surface area (Å²) in [4.78, 5) is 5.40. The summed E-state index contributed by atoms with van der Waals surface area (Å²) in [6.07, 6.45) is 2.14. The highest BCUT2D eigenvalue weighted by Crippen LogP contribution is 2.65. The van der Waals surface area contributed by atoms with Crippen molar-refractivity contribution in [2.24, 2.45) is 4.99 Å². The fourth-order valence-corrected chi connectivity index (χ4v) is 11.7. The molecule has 0 bridgehead atoms. The number of ether oxygens (including phenoxy) is 1. The van der Waals surface area contributed by atoms with Crippen LogP contribution in [-0.4, -0.2) is 5.71 Å². The molecule has 0 radical (unpaired) electrons. The number of rotatable bonds is 6. The maximum Gasteiger partial charge on any atom is 0.211 e. The molecule has 0 amide bonds. The minimum Gasteiger partial charge on any atom is -0.457 e. The van der Waals surface area contributed by atoms with E-state index in [1.165, 1.54) is 71.6 Å². The third-order valence-electron chi connectivity index (χ3n) is 14.9. The summed E-state index contributed by atoms with van der Waals surface area (Å²) in [5.41, 5.74) is 19.5. The number of para-hydroxylation sites is 2. The van der Waals surface area contributed by atoms with E-state index in [-0.39, 0.29) is 6.17 Å². The van der Waals surface area contributed by atoms with Gasteiger partial charge in [-0.05, 0) is 120 Å². The summed E-state index contributed by atoms with van der Waals surface area (Å²) in [6.45, 7) is 0. The van der Waals surface area contributed by atoms with Gasteiger partial charge in [-0.1, -0.05) is 206 Å². The van der Waals surface area contributed by atoms with Gasteiger partial charge in [-0.25, -0.2) is 4.99 Å². The van der Waals surface area contributed by atoms with E-state index in [1.54, 1.807) is 0 Å². The molecule has 2 N–H and O–H groups in total. The van der Waals surface area contributed by atoms with Crippen LogP contribution in [0.25, 0.3) is 71.7 Å². The highest BCUT2D eigenvalue weighted by molar-refractivity contribution is 6.19. The summed E-state index contributed by atoms with van der Waals surface area (Å²) in [5.74, 6) is 1.78. The average molecular weight is 894 g/mol. The predicted octanol–water partition coefficient (Wildman–Crippen LogP) is 15.6. The average Bonchev–Trinajstić information content (AvgIpc) is 3.76. The van der Waals surface area contributed by atoms with Crippen molar-refractivity contribution in [3.63, 3.8) is 0 Å². The molecule has 2 heterocycles. The smallest absolute Gasteiger partial charge is 0.211 e. The van der Waals surface area contributed by atoms with Crippen molar-refractivity contribution in [2.75, 3.05) is 0 Å². The highest BCUT2D eigenvalue weighted by atomic mass is 16.5. The molecule has 11 aromatic rings. The van der Waals surface area contributed by atoms with E-state index in [2.05, 4.69) is 260 Å². The third kappa shape index (κ3) is 6.29. The van der Waals surface area contributed by atoms with Gasteiger partial charge >= 0.3 is 0 Å². The van der Waals surface area contributed by atoms with Crippen LogP contribution in [0.15, 0.2) is 260 Å². The van der Waals surface area contributed by atoms with Crippen LogP contribution in [0.1, 0.15) is 45.1 Å². The second-order valence-electron chi connectivity index (χ2n) is 18.7. The molecule has 3 heteroatoms. The molecule has 328 valence electrons. The van der Waals surface area contributed by atoms with Crippen molar-refractivity contribution in [2.45, 2.75) is 11.6 Å². The molecular formula is C67H45N2O+. The Bertz CT molecular complexity index is 3900. The zero-order valence-corrected chi connectivity index (χ0v) is 38.3. The summed E-state index contributed by atoms with van der Waals surface area (Å²) >= 11 is 0. The summed E-state index contributed by atoms with van der Waals surface area (Å²) in [6, 6.07) is 90.5. The van der Waals surface area contributed by atoms with E-state index in [0.29, 0.717) is 0 Å². The predicted molar refractivity (Wildman–Crippen MR) is 287 cm³/mol. The van der Waals surface area contributed by atoms with Gasteiger partial charge in [0.2, 0.25) is 6.17 Å². The quantitative estimate of drug-likeness (QED) is 0.166. The normalized spacial score (nSPS) is 15.1. The van der Waals surface area contributed by atoms with Crippen LogP contribution in [0.4, 0.5) is 0 Å². The van der Waals surface area contributed by atoms with Gasteiger partial charge in [0.1, 0.15) is 17.2 Å². The summed E-state index contributed by atoms with van der Waals surface area (Å²) in [7, 11) is 0. The molecule has 1 unspecified atom stereocenters. The molecule has 0 saturated carbocycles. The summed E-state index contributed by atoms with van der Waals surface area (Å²) in [5, 5.41) is 7.36. The van der Waals surface area contributed by atoms with Gasteiger partial charge < -0.3 is 4.74 Å². The lowest BCUT2D eigenvalue weighted by molar-refractivity contribution is -0.609. The first kappa shape index (κ1) is 40.2. The molecule has 0 saturated heterocycles. The van der Waals surface area contributed by atoms with E-state index in [1.807, 2.05) is 0 Å². The second kappa shape index (κ2) is 16.1. The Hall–Kier alpha value is -8.89. The number of hydrogen-bond acceptors (Lipinski definition) is 2. The Morgan fingerprint density at radius 1 is 0.371 bits per heavy atom. The van der Waals surface area contributed by atoms with Gasteiger partial charge in [0.25, 0.3) is 0 Å². The molecule has 11 aromatic carbocycles. The number of allylic oxidation sites excluding steroid dienone is 1. The van der Waals surface area contributed by atoms with E-state index in [9.17, 15) is 0 Å². The van der Waals surface area contributed by atoms with E-state index in [0.717, 1.165) is 56.3 Å². The molecule has 2 aliphatic heterocycles. The molecule has 1 aliphatic carbocycles. The van der Waals surface area contributed by atoms with E-state index in [4.69, 9.17) is 9.73 Å². The SMILES string of the molecule is C1=C(c2ccc(-c3ccccc3)cc2)[NH2+]C(c2ccccc2)N=C1c1cccc(-c2cccc(-c3ccc4c(c3)C3(c5ccccc5Oc5ccccc53)c3c-4c4ccccc4c4ccccc34)c2)c1. The van der Waals surface area contributed by atoms with Gasteiger partial charge in [-0.3, -0.25) is 5.32 Å². The lowest BCUT2D eigenvalue weighted by Gasteiger charge is -2.40. The van der Waals surface area contributed by atoms with Gasteiger partial charge in [-0.15, -0.1) is 0 Å². The first-order valence-corrected chi connectivity index (χ1v) is 24.2. The molecule has 0 aromatic heterocycles. The van der Waals surface area contributed by atoms with Gasteiger partial charge in [0.05, 0.1) is 11.1 Å². The molecule has 1 atom stereocenters. The number of nitrogens with two attached hydrogens (primary N) is 1. The molecule has 1 spiro atoms. The molecule has 3 aliphatic rings. The molecule has 70 heavy (non-hydrogen) atoms. The second-order valence-corrected chi connectivity index (χ2v) is 18.7. The van der Waals surface area contributed by atoms with E-state index >= 15 is 0 Å². The van der Waals surface area contributed by atoms with Crippen LogP contribution in [0, 0.1) is 0 Å². The van der Waals surface area contributed by atoms with Crippen LogP contribution in [0.3, 0.4) is 0 Å². The lowest BCUT2D eigenvalue weighted by atomic mass is 9.64. The zero-order valence-electron chi connectivity index (χ0n) is 38.3. The third-order valence-corrected chi connectivity index (χ3v) is 14.9. The largest absolute Gasteiger partial charge is 0.457 e. The number of fused-ring (bicyclic) bond motifs is 14. The fraction of sp³-hybridized carbons (Fsp3) is 0.0299. The summed E-state index contributed by atoms with van der Waals surface area (Å²) < 4.78 is 6.79. The molecular weight excluding hydrogens is 849 g/mol. The Kier molecular flexibility index (Phi) is 9.26. The van der Waals surface area contributed by atoms with Crippen LogP contribution in [-0.2, 0) is 5.41 Å². The van der Waals surface area contributed by atoms with Crippen molar-refractivity contribution < 1.29 is 10.1 Å². The Morgan fingerprint density at radius 2 is 0.857 bits per heavy atom. The Morgan fingerprint density at radius 3 is 1.54 bits per heavy atom. The maximum atomic E-state index is 6.79.